The molecule has 5 nitrogen and oxygen atoms in total. The topological polar surface area (TPSA) is 82.7 Å². The molecule has 0 heterocycles. The van der Waals surface area contributed by atoms with E-state index in [0.29, 0.717) is 0 Å². The van der Waals surface area contributed by atoms with Gasteiger partial charge in [-0.1, -0.05) is 419 Å². The molecule has 5 aromatic carbocycles. The van der Waals surface area contributed by atoms with Crippen molar-refractivity contribution in [2.75, 3.05) is 44.1 Å². The second-order valence-electron chi connectivity index (χ2n) is 12.7. The molecule has 0 aromatic heterocycles. The minimum absolute atomic E-state index is 0. The zero-order valence-electron chi connectivity index (χ0n) is 58.4. The van der Waals surface area contributed by atoms with Crippen LogP contribution in [0.15, 0.2) is 152 Å². The van der Waals surface area contributed by atoms with E-state index in [4.69, 9.17) is 15.3 Å². The molecule has 0 atom stereocenters. The third-order valence-electron chi connectivity index (χ3n) is 6.60. The number of methoxy groups -OCH3 is 2. The van der Waals surface area contributed by atoms with Crippen molar-refractivity contribution >= 4 is 68.2 Å². The SMILES string of the molecule is C.C.CB(O)O.CBr.CC.CC.CC.CC.CC.CC.CC.CC.CC.CC#N.CC1CCCCC1.CI.CI.COC.COC.Cc1ccccc1.Cc1ccccc1.Cc1ccccc1.Cc1ccccc1.Cc1ccccc1. The Kier molecular flexibility index (Phi) is 272. The Morgan fingerprint density at radius 1 is 0.395 bits per heavy atom. The monoisotopic (exact) mass is 1430 g/mol. The molecular weight excluding hydrogens is 1290 g/mol. The summed E-state index contributed by atoms with van der Waals surface area (Å²) >= 11 is 7.24. The lowest BCUT2D eigenvalue weighted by atomic mass is 9.91. The normalized spacial score (nSPS) is 7.72. The van der Waals surface area contributed by atoms with Crippen LogP contribution in [0.2, 0.25) is 6.82 Å². The summed E-state index contributed by atoms with van der Waals surface area (Å²) in [7, 11) is 5.33. The Balaban J connectivity index is -0.0000000329. The van der Waals surface area contributed by atoms with Gasteiger partial charge in [-0.15, -0.1) is 0 Å². The number of halogens is 3. The van der Waals surface area contributed by atoms with Crippen LogP contribution in [0.5, 0.6) is 0 Å². The molecule has 1 aliphatic carbocycles. The van der Waals surface area contributed by atoms with Crippen LogP contribution in [0.1, 0.15) is 213 Å². The largest absolute Gasteiger partial charge is 0.448 e. The molecule has 6 rings (SSSR count). The first kappa shape index (κ1) is 129. The third kappa shape index (κ3) is 213. The van der Waals surface area contributed by atoms with Crippen molar-refractivity contribution in [3.63, 3.8) is 0 Å². The molecule has 0 aliphatic heterocycles. The van der Waals surface area contributed by atoms with E-state index in [1.165, 1.54) is 73.7 Å². The fraction of sp³-hybridized carbons (Fsp3) is 0.569. The van der Waals surface area contributed by atoms with Crippen LogP contribution in [-0.2, 0) is 9.47 Å². The van der Waals surface area contributed by atoms with E-state index in [9.17, 15) is 0 Å². The lowest BCUT2D eigenvalue weighted by Gasteiger charge is -2.15. The number of aryl methyl sites for hydroxylation is 5. The molecule has 0 unspecified atom stereocenters. The van der Waals surface area contributed by atoms with Gasteiger partial charge in [0.2, 0.25) is 0 Å². The minimum Gasteiger partial charge on any atom is -0.427 e. The van der Waals surface area contributed by atoms with E-state index >= 15 is 0 Å². The average molecular weight is 1430 g/mol. The Hall–Kier alpha value is -2.57. The predicted octanol–water partition coefficient (Wildman–Crippen LogP) is 26.3. The molecule has 0 bridgehead atoms. The number of hydrogen-bond donors (Lipinski definition) is 2. The van der Waals surface area contributed by atoms with Gasteiger partial charge in [-0.25, -0.2) is 0 Å². The maximum absolute atomic E-state index is 7.61. The summed E-state index contributed by atoms with van der Waals surface area (Å²) in [6.07, 6.45) is 7.44. The first-order chi connectivity index (χ1) is 38.3. The van der Waals surface area contributed by atoms with Gasteiger partial charge in [-0.3, -0.25) is 0 Å². The molecule has 5 aromatic rings. The Morgan fingerprint density at radius 3 is 0.543 bits per heavy atom. The van der Waals surface area contributed by atoms with E-state index in [1.807, 2.05) is 231 Å². The highest BCUT2D eigenvalue weighted by Crippen LogP contribution is 2.22. The van der Waals surface area contributed by atoms with Gasteiger partial charge in [0.15, 0.2) is 0 Å². The fourth-order valence-electron chi connectivity index (χ4n) is 3.98. The maximum atomic E-state index is 7.61. The van der Waals surface area contributed by atoms with Crippen molar-refractivity contribution in [3.8, 4) is 6.07 Å². The number of ether oxygens (including phenoxy) is 2. The van der Waals surface area contributed by atoms with Crippen LogP contribution < -0.4 is 0 Å². The van der Waals surface area contributed by atoms with E-state index in [0.717, 1.165) is 5.92 Å². The van der Waals surface area contributed by atoms with E-state index in [1.54, 1.807) is 34.5 Å². The quantitative estimate of drug-likeness (QED) is 0.0917. The maximum Gasteiger partial charge on any atom is 0.448 e. The van der Waals surface area contributed by atoms with Gasteiger partial charge in [0.05, 0.1) is 6.07 Å². The average Bonchev–Trinajstić information content (AvgIpc) is 3.52. The lowest BCUT2D eigenvalue weighted by molar-refractivity contribution is 0.277. The second kappa shape index (κ2) is 171. The van der Waals surface area contributed by atoms with Gasteiger partial charge >= 0.3 is 7.12 Å². The molecule has 81 heavy (non-hydrogen) atoms. The first-order valence-corrected chi connectivity index (χ1v) is 34.9. The summed E-state index contributed by atoms with van der Waals surface area (Å²) in [5.41, 5.74) is 6.61. The van der Waals surface area contributed by atoms with Crippen molar-refractivity contribution < 1.29 is 19.5 Å². The van der Waals surface area contributed by atoms with Gasteiger partial charge < -0.3 is 19.5 Å². The van der Waals surface area contributed by atoms with E-state index in [2.05, 4.69) is 173 Å². The summed E-state index contributed by atoms with van der Waals surface area (Å²) in [4.78, 5) is 3.94. The predicted molar refractivity (Wildman–Crippen MR) is 412 cm³/mol. The molecule has 0 amide bonds. The Morgan fingerprint density at radius 2 is 0.494 bits per heavy atom. The van der Waals surface area contributed by atoms with Crippen molar-refractivity contribution in [1.29, 1.82) is 5.26 Å². The zero-order chi connectivity index (χ0) is 66.4. The standard InChI is InChI=1S/C7H14.5C7H8.C2H3N.2C2H6O.9C2H6.CH5BO2.CH3Br.2CH3I.2CH4/c6*1-7-5-3-2-4-6-7;1-2-3;2*1-3-2;9*1-2;1-2(3)4;3*1-2;;/h7H,2-6H2,1H3;5*2-6H,1H3;1H3;2*1-2H3;9*1-2H3;3-4H,1H3;3*1H3;2*1H4. The summed E-state index contributed by atoms with van der Waals surface area (Å²) < 4.78 is 8.50. The molecule has 0 radical (unpaired) electrons. The van der Waals surface area contributed by atoms with Crippen LogP contribution in [0.4, 0.5) is 0 Å². The Labute approximate surface area is 551 Å². The van der Waals surface area contributed by atoms with Gasteiger partial charge in [0, 0.05) is 35.4 Å². The number of hydrogen-bond acceptors (Lipinski definition) is 5. The van der Waals surface area contributed by atoms with Crippen LogP contribution >= 0.6 is 61.1 Å². The molecule has 1 aliphatic rings. The van der Waals surface area contributed by atoms with Crippen LogP contribution in [0.3, 0.4) is 0 Å². The number of rotatable bonds is 0. The summed E-state index contributed by atoms with van der Waals surface area (Å²) in [5.74, 6) is 2.85. The van der Waals surface area contributed by atoms with E-state index in [-0.39, 0.29) is 14.9 Å². The van der Waals surface area contributed by atoms with Gasteiger partial charge in [0.1, 0.15) is 0 Å². The van der Waals surface area contributed by atoms with Gasteiger partial charge in [0.25, 0.3) is 0 Å². The number of alkyl halides is 3. The van der Waals surface area contributed by atoms with Crippen LogP contribution in [0, 0.1) is 51.9 Å². The highest BCUT2D eigenvalue weighted by Gasteiger charge is 2.06. The molecule has 486 valence electrons. The smallest absolute Gasteiger partial charge is 0.427 e. The summed E-state index contributed by atoms with van der Waals surface area (Å²) in [6, 6.07) is 53.1. The van der Waals surface area contributed by atoms with Gasteiger partial charge in [-0.2, -0.15) is 5.26 Å². The summed E-state index contributed by atoms with van der Waals surface area (Å²) in [6.45, 7) is 51.5. The van der Waals surface area contributed by atoms with E-state index < -0.39 is 7.12 Å². The Bertz CT molecular complexity index is 1210. The van der Waals surface area contributed by atoms with Crippen molar-refractivity contribution in [3.05, 3.63) is 179 Å². The minimum atomic E-state index is -1.17. The molecule has 1 fully saturated rings. The summed E-state index contributed by atoms with van der Waals surface area (Å²) in [5, 5.41) is 22.5. The molecule has 9 heteroatoms. The highest BCUT2D eigenvalue weighted by atomic mass is 127. The molecule has 1 saturated carbocycles. The number of nitriles is 1. The number of benzene rings is 5. The van der Waals surface area contributed by atoms with Crippen LogP contribution in [-0.4, -0.2) is 61.3 Å². The van der Waals surface area contributed by atoms with Crippen molar-refractivity contribution in [1.82, 2.24) is 0 Å². The fourth-order valence-corrected chi connectivity index (χ4v) is 3.98. The third-order valence-corrected chi connectivity index (χ3v) is 6.60. The van der Waals surface area contributed by atoms with Gasteiger partial charge in [-0.05, 0) is 63.1 Å². The van der Waals surface area contributed by atoms with Crippen LogP contribution in [0.25, 0.3) is 0 Å². The van der Waals surface area contributed by atoms with Crippen molar-refractivity contribution in [2.24, 2.45) is 5.92 Å². The lowest BCUT2D eigenvalue weighted by Crippen LogP contribution is -2.00. The number of nitrogens with zero attached hydrogens (tertiary/aromatic N) is 1. The second-order valence-corrected chi connectivity index (χ2v) is 12.7. The van der Waals surface area contributed by atoms with Crippen molar-refractivity contribution in [2.45, 2.75) is 227 Å². The molecule has 2 N–H and O–H groups in total. The molecule has 0 spiro atoms. The first-order valence-electron chi connectivity index (χ1n) is 29.0. The molecule has 0 saturated heterocycles. The molecular formula is C72H145BBrI2NO4. The zero-order valence-corrected chi connectivity index (χ0v) is 64.3. The highest BCUT2D eigenvalue weighted by molar-refractivity contribution is 14.1.